The predicted octanol–water partition coefficient (Wildman–Crippen LogP) is 1.94. The van der Waals surface area contributed by atoms with Gasteiger partial charge in [-0.3, -0.25) is 0 Å². The van der Waals surface area contributed by atoms with E-state index in [4.69, 9.17) is 4.74 Å². The normalized spacial score (nSPS) is 12.3. The van der Waals surface area contributed by atoms with Crippen molar-refractivity contribution >= 4 is 16.0 Å². The SMILES string of the molecule is C=C=C(C)[C@H](NS(=O)(=O)c1ccc(C)cc1)C(=O)OCC. The van der Waals surface area contributed by atoms with Gasteiger partial charge in [0.25, 0.3) is 0 Å². The molecule has 0 bridgehead atoms. The molecule has 114 valence electrons. The molecule has 0 unspecified atom stereocenters. The Hall–Kier alpha value is -1.88. The molecule has 1 aromatic carbocycles. The minimum Gasteiger partial charge on any atom is -0.465 e. The first-order valence-corrected chi connectivity index (χ1v) is 7.92. The molecule has 5 nitrogen and oxygen atoms in total. The fourth-order valence-electron chi connectivity index (χ4n) is 1.58. The van der Waals surface area contributed by atoms with Gasteiger partial charge in [-0.1, -0.05) is 24.3 Å². The lowest BCUT2D eigenvalue weighted by Crippen LogP contribution is -2.42. The van der Waals surface area contributed by atoms with E-state index in [1.807, 2.05) is 6.92 Å². The Morgan fingerprint density at radius 3 is 2.43 bits per heavy atom. The predicted molar refractivity (Wildman–Crippen MR) is 80.2 cm³/mol. The summed E-state index contributed by atoms with van der Waals surface area (Å²) in [5.74, 6) is -0.679. The summed E-state index contributed by atoms with van der Waals surface area (Å²) in [4.78, 5) is 12.0. The maximum Gasteiger partial charge on any atom is 0.329 e. The molecule has 0 amide bonds. The Bertz CT molecular complexity index is 655. The summed E-state index contributed by atoms with van der Waals surface area (Å²) in [6.07, 6.45) is 0. The molecule has 0 aliphatic carbocycles. The molecule has 0 aromatic heterocycles. The zero-order valence-electron chi connectivity index (χ0n) is 12.3. The molecule has 1 N–H and O–H groups in total. The van der Waals surface area contributed by atoms with Crippen LogP contribution in [0.4, 0.5) is 0 Å². The second kappa shape index (κ2) is 7.22. The maximum absolute atomic E-state index is 12.3. The zero-order chi connectivity index (χ0) is 16.0. The van der Waals surface area contributed by atoms with Gasteiger partial charge in [-0.05, 0) is 38.5 Å². The van der Waals surface area contributed by atoms with Gasteiger partial charge in [0.05, 0.1) is 11.5 Å². The lowest BCUT2D eigenvalue weighted by atomic mass is 10.1. The van der Waals surface area contributed by atoms with Crippen LogP contribution in [0.5, 0.6) is 0 Å². The number of rotatable bonds is 6. The van der Waals surface area contributed by atoms with Gasteiger partial charge in [-0.25, -0.2) is 13.2 Å². The molecular formula is C15H19NO4S. The Kier molecular flexibility index (Phi) is 5.90. The van der Waals surface area contributed by atoms with E-state index in [1.165, 1.54) is 12.1 Å². The minimum atomic E-state index is -3.83. The van der Waals surface area contributed by atoms with Crippen molar-refractivity contribution in [1.29, 1.82) is 0 Å². The second-order valence-electron chi connectivity index (χ2n) is 4.48. The van der Waals surface area contributed by atoms with Crippen molar-refractivity contribution < 1.29 is 17.9 Å². The van der Waals surface area contributed by atoms with Crippen LogP contribution in [0.3, 0.4) is 0 Å². The summed E-state index contributed by atoms with van der Waals surface area (Å²) < 4.78 is 31.8. The summed E-state index contributed by atoms with van der Waals surface area (Å²) in [7, 11) is -3.83. The third-order valence-corrected chi connectivity index (χ3v) is 4.28. The van der Waals surface area contributed by atoms with Gasteiger partial charge in [0.1, 0.15) is 6.04 Å². The molecule has 0 aliphatic heterocycles. The van der Waals surface area contributed by atoms with Gasteiger partial charge in [-0.15, -0.1) is 5.73 Å². The first-order valence-electron chi connectivity index (χ1n) is 6.44. The summed E-state index contributed by atoms with van der Waals surface area (Å²) in [5, 5.41) is 0. The van der Waals surface area contributed by atoms with Crippen molar-refractivity contribution in [1.82, 2.24) is 4.72 Å². The standard InChI is InChI=1S/C15H19NO4S/c1-5-12(4)14(15(17)20-6-2)16-21(18,19)13-9-7-11(3)8-10-13/h7-10,14,16H,1,6H2,2-4H3/t14-/m0/s1. The number of carbonyl (C=O) groups is 1. The number of carbonyl (C=O) groups excluding carboxylic acids is 1. The van der Waals surface area contributed by atoms with Gasteiger partial charge >= 0.3 is 5.97 Å². The van der Waals surface area contributed by atoms with Gasteiger partial charge in [0.15, 0.2) is 0 Å². The molecule has 0 saturated heterocycles. The molecule has 0 spiro atoms. The zero-order valence-corrected chi connectivity index (χ0v) is 13.2. The van der Waals surface area contributed by atoms with Gasteiger partial charge in [0, 0.05) is 0 Å². The van der Waals surface area contributed by atoms with E-state index >= 15 is 0 Å². The number of esters is 1. The highest BCUT2D eigenvalue weighted by Crippen LogP contribution is 2.13. The minimum absolute atomic E-state index is 0.0826. The number of hydrogen-bond acceptors (Lipinski definition) is 4. The van der Waals surface area contributed by atoms with Crippen molar-refractivity contribution in [3.05, 3.63) is 47.7 Å². The molecule has 1 atom stereocenters. The number of hydrogen-bond donors (Lipinski definition) is 1. The largest absolute Gasteiger partial charge is 0.465 e. The van der Waals surface area contributed by atoms with Crippen LogP contribution in [0.25, 0.3) is 0 Å². The van der Waals surface area contributed by atoms with E-state index < -0.39 is 22.0 Å². The highest BCUT2D eigenvalue weighted by atomic mass is 32.2. The van der Waals surface area contributed by atoms with Crippen molar-refractivity contribution in [3.63, 3.8) is 0 Å². The summed E-state index contributed by atoms with van der Waals surface area (Å²) in [5.41, 5.74) is 3.82. The summed E-state index contributed by atoms with van der Waals surface area (Å²) >= 11 is 0. The van der Waals surface area contributed by atoms with Crippen LogP contribution in [0.15, 0.2) is 47.0 Å². The van der Waals surface area contributed by atoms with Crippen LogP contribution in [-0.4, -0.2) is 27.0 Å². The number of ether oxygens (including phenoxy) is 1. The first-order chi connectivity index (χ1) is 9.81. The monoisotopic (exact) mass is 309 g/mol. The van der Waals surface area contributed by atoms with Crippen LogP contribution in [-0.2, 0) is 19.6 Å². The third-order valence-electron chi connectivity index (χ3n) is 2.84. The lowest BCUT2D eigenvalue weighted by Gasteiger charge is -2.17. The van der Waals surface area contributed by atoms with E-state index in [2.05, 4.69) is 17.0 Å². The van der Waals surface area contributed by atoms with Crippen molar-refractivity contribution in [2.24, 2.45) is 0 Å². The Balaban J connectivity index is 3.10. The summed E-state index contributed by atoms with van der Waals surface area (Å²) in [6, 6.07) is 5.20. The molecule has 0 fully saturated rings. The molecule has 0 radical (unpaired) electrons. The van der Waals surface area contributed by atoms with Gasteiger partial charge in [0.2, 0.25) is 10.0 Å². The molecule has 1 aromatic rings. The Morgan fingerprint density at radius 2 is 1.95 bits per heavy atom. The van der Waals surface area contributed by atoms with E-state index in [-0.39, 0.29) is 11.5 Å². The Labute approximate surface area is 125 Å². The van der Waals surface area contributed by atoms with E-state index in [9.17, 15) is 13.2 Å². The first kappa shape index (κ1) is 17.2. The highest BCUT2D eigenvalue weighted by Gasteiger charge is 2.28. The van der Waals surface area contributed by atoms with E-state index in [0.717, 1.165) is 5.56 Å². The highest BCUT2D eigenvalue weighted by molar-refractivity contribution is 7.89. The van der Waals surface area contributed by atoms with Crippen molar-refractivity contribution in [2.45, 2.75) is 31.7 Å². The molecule has 21 heavy (non-hydrogen) atoms. The smallest absolute Gasteiger partial charge is 0.329 e. The topological polar surface area (TPSA) is 72.5 Å². The van der Waals surface area contributed by atoms with Crippen LogP contribution < -0.4 is 4.72 Å². The number of aryl methyl sites for hydroxylation is 1. The quantitative estimate of drug-likeness (QED) is 0.644. The van der Waals surface area contributed by atoms with Crippen LogP contribution in [0.2, 0.25) is 0 Å². The van der Waals surface area contributed by atoms with E-state index in [1.54, 1.807) is 26.0 Å². The molecular weight excluding hydrogens is 290 g/mol. The molecule has 0 aliphatic rings. The number of nitrogens with one attached hydrogen (secondary N) is 1. The van der Waals surface area contributed by atoms with Crippen LogP contribution in [0, 0.1) is 6.92 Å². The third kappa shape index (κ3) is 4.56. The molecule has 1 rings (SSSR count). The average molecular weight is 309 g/mol. The molecule has 6 heteroatoms. The van der Waals surface area contributed by atoms with Gasteiger partial charge in [-0.2, -0.15) is 4.72 Å². The van der Waals surface area contributed by atoms with Crippen LogP contribution in [0.1, 0.15) is 19.4 Å². The van der Waals surface area contributed by atoms with E-state index in [0.29, 0.717) is 5.57 Å². The number of sulfonamides is 1. The maximum atomic E-state index is 12.3. The summed E-state index contributed by atoms with van der Waals surface area (Å²) in [6.45, 7) is 8.66. The average Bonchev–Trinajstić information content (AvgIpc) is 2.44. The van der Waals surface area contributed by atoms with Crippen molar-refractivity contribution in [2.75, 3.05) is 6.61 Å². The fraction of sp³-hybridized carbons (Fsp3) is 0.333. The lowest BCUT2D eigenvalue weighted by molar-refractivity contribution is -0.144. The fourth-order valence-corrected chi connectivity index (χ4v) is 2.80. The van der Waals surface area contributed by atoms with Gasteiger partial charge < -0.3 is 4.74 Å². The Morgan fingerprint density at radius 1 is 1.38 bits per heavy atom. The van der Waals surface area contributed by atoms with Crippen LogP contribution >= 0.6 is 0 Å². The number of benzene rings is 1. The molecule has 0 saturated carbocycles. The molecule has 0 heterocycles. The second-order valence-corrected chi connectivity index (χ2v) is 6.19. The van der Waals surface area contributed by atoms with Crippen molar-refractivity contribution in [3.8, 4) is 0 Å².